The minimum atomic E-state index is -0.999. The lowest BCUT2D eigenvalue weighted by Gasteiger charge is -2.38. The van der Waals surface area contributed by atoms with Gasteiger partial charge in [0.15, 0.2) is 5.82 Å². The number of amides is 3. The molecule has 4 aromatic rings. The van der Waals surface area contributed by atoms with Crippen LogP contribution >= 0.6 is 0 Å². The lowest BCUT2D eigenvalue weighted by Crippen LogP contribution is -2.49. The van der Waals surface area contributed by atoms with Gasteiger partial charge in [0.25, 0.3) is 0 Å². The third-order valence-corrected chi connectivity index (χ3v) is 7.96. The molecule has 0 radical (unpaired) electrons. The maximum Gasteiger partial charge on any atom is 0.411 e. The number of ether oxygens (including phenoxy) is 3. The minimum absolute atomic E-state index is 0.170. The van der Waals surface area contributed by atoms with E-state index in [4.69, 9.17) is 14.2 Å². The highest BCUT2D eigenvalue weighted by molar-refractivity contribution is 5.98. The predicted molar refractivity (Wildman–Crippen MR) is 177 cm³/mol. The van der Waals surface area contributed by atoms with Crippen molar-refractivity contribution in [3.63, 3.8) is 0 Å². The van der Waals surface area contributed by atoms with Gasteiger partial charge in [0.1, 0.15) is 17.7 Å². The van der Waals surface area contributed by atoms with Crippen LogP contribution in [0.2, 0.25) is 0 Å². The monoisotopic (exact) mass is 655 g/mol. The summed E-state index contributed by atoms with van der Waals surface area (Å²) in [7, 11) is 1.27. The van der Waals surface area contributed by atoms with Crippen molar-refractivity contribution in [2.45, 2.75) is 63.3 Å². The Labute approximate surface area is 279 Å². The highest BCUT2D eigenvalue weighted by atomic mass is 16.6. The zero-order chi connectivity index (χ0) is 34.1. The fourth-order valence-electron chi connectivity index (χ4n) is 5.71. The van der Waals surface area contributed by atoms with Gasteiger partial charge in [-0.25, -0.2) is 9.59 Å². The lowest BCUT2D eigenvalue weighted by atomic mass is 9.84. The summed E-state index contributed by atoms with van der Waals surface area (Å²) in [6, 6.07) is 25.0. The number of nitrogens with one attached hydrogen (secondary N) is 3. The number of H-pyrrole nitrogens is 1. The lowest BCUT2D eigenvalue weighted by molar-refractivity contribution is -0.118. The molecule has 2 heterocycles. The summed E-state index contributed by atoms with van der Waals surface area (Å²) in [6.45, 7) is 5.85. The standard InChI is InChI=1S/C35H41N7O6/c1-35(2,3)48-34(45)42-21-26(47-22-28(42)31-38-40-41-39-31)20-19-23-13-11-12-18-27(23)36-32(43)30(37-33(44)46-4)29(24-14-7-5-8-15-24)25-16-9-6-10-17-25/h5-18,26,28-30H,19-22H2,1-4H3,(H,36,43)(H,37,44)(H,38,39,40,41)/t26-,28+,30+/m1/s1. The number of aromatic amines is 1. The van der Waals surface area contributed by atoms with Gasteiger partial charge in [-0.1, -0.05) is 84.1 Å². The first-order valence-electron chi connectivity index (χ1n) is 15.8. The predicted octanol–water partition coefficient (Wildman–Crippen LogP) is 5.00. The highest BCUT2D eigenvalue weighted by Gasteiger charge is 2.38. The van der Waals surface area contributed by atoms with Gasteiger partial charge in [0.2, 0.25) is 5.91 Å². The number of hydrogen-bond acceptors (Lipinski definition) is 9. The quantitative estimate of drug-likeness (QED) is 0.213. The van der Waals surface area contributed by atoms with Gasteiger partial charge in [-0.3, -0.25) is 9.69 Å². The highest BCUT2D eigenvalue weighted by Crippen LogP contribution is 2.31. The van der Waals surface area contributed by atoms with E-state index in [2.05, 4.69) is 31.3 Å². The summed E-state index contributed by atoms with van der Waals surface area (Å²) >= 11 is 0. The number of aryl methyl sites for hydroxylation is 1. The summed E-state index contributed by atoms with van der Waals surface area (Å²) in [5.41, 5.74) is 2.49. The molecule has 3 amide bonds. The van der Waals surface area contributed by atoms with Crippen LogP contribution in [0.5, 0.6) is 0 Å². The number of para-hydroxylation sites is 1. The molecule has 0 unspecified atom stereocenters. The number of anilines is 1. The Morgan fingerprint density at radius 3 is 2.23 bits per heavy atom. The summed E-state index contributed by atoms with van der Waals surface area (Å²) in [5.74, 6) is -0.564. The zero-order valence-electron chi connectivity index (χ0n) is 27.5. The average molecular weight is 656 g/mol. The SMILES string of the molecule is COC(=O)N[C@H](C(=O)Nc1ccccc1CC[C@@H]1CN(C(=O)OC(C)(C)C)[C@H](c2nn[nH]n2)CO1)C(c1ccccc1)c1ccccc1. The Morgan fingerprint density at radius 2 is 1.62 bits per heavy atom. The Balaban J connectivity index is 1.34. The van der Waals surface area contributed by atoms with E-state index in [1.807, 2.05) is 106 Å². The van der Waals surface area contributed by atoms with E-state index >= 15 is 0 Å². The van der Waals surface area contributed by atoms with Crippen LogP contribution in [-0.4, -0.2) is 81.6 Å². The molecule has 13 nitrogen and oxygen atoms in total. The number of methoxy groups -OCH3 is 1. The van der Waals surface area contributed by atoms with Crippen molar-refractivity contribution in [3.8, 4) is 0 Å². The molecule has 1 fully saturated rings. The molecule has 0 saturated carbocycles. The van der Waals surface area contributed by atoms with E-state index in [1.165, 1.54) is 7.11 Å². The van der Waals surface area contributed by atoms with Crippen LogP contribution in [0.1, 0.15) is 61.7 Å². The van der Waals surface area contributed by atoms with Gasteiger partial charge in [0.05, 0.1) is 26.4 Å². The molecule has 1 saturated heterocycles. The first kappa shape index (κ1) is 34.0. The van der Waals surface area contributed by atoms with E-state index in [1.54, 1.807) is 4.90 Å². The van der Waals surface area contributed by atoms with E-state index in [-0.39, 0.29) is 19.3 Å². The van der Waals surface area contributed by atoms with Gasteiger partial charge in [0, 0.05) is 11.6 Å². The van der Waals surface area contributed by atoms with Crippen molar-refractivity contribution in [2.24, 2.45) is 0 Å². The Morgan fingerprint density at radius 1 is 0.979 bits per heavy atom. The number of carbonyl (C=O) groups is 3. The fourth-order valence-corrected chi connectivity index (χ4v) is 5.71. The molecule has 5 rings (SSSR count). The number of alkyl carbamates (subject to hydrolysis) is 1. The van der Waals surface area contributed by atoms with Gasteiger partial charge in [-0.15, -0.1) is 10.2 Å². The zero-order valence-corrected chi connectivity index (χ0v) is 27.5. The second-order valence-electron chi connectivity index (χ2n) is 12.5. The molecule has 3 atom stereocenters. The Hall–Kier alpha value is -5.30. The molecule has 252 valence electrons. The largest absolute Gasteiger partial charge is 0.453 e. The third-order valence-electron chi connectivity index (χ3n) is 7.96. The van der Waals surface area contributed by atoms with Crippen molar-refractivity contribution in [3.05, 3.63) is 107 Å². The molecule has 1 aliphatic heterocycles. The van der Waals surface area contributed by atoms with Crippen LogP contribution in [-0.2, 0) is 25.4 Å². The van der Waals surface area contributed by atoms with Crippen molar-refractivity contribution >= 4 is 23.8 Å². The summed E-state index contributed by atoms with van der Waals surface area (Å²) in [6.07, 6.45) is -0.451. The molecule has 1 aliphatic rings. The molecule has 0 aliphatic carbocycles. The normalized spacial score (nSPS) is 17.0. The number of carbonyl (C=O) groups excluding carboxylic acids is 3. The topological polar surface area (TPSA) is 161 Å². The number of hydrogen-bond donors (Lipinski definition) is 3. The smallest absolute Gasteiger partial charge is 0.411 e. The maximum atomic E-state index is 14.1. The second kappa shape index (κ2) is 15.5. The molecule has 0 spiro atoms. The first-order valence-corrected chi connectivity index (χ1v) is 15.8. The first-order chi connectivity index (χ1) is 23.1. The molecule has 48 heavy (non-hydrogen) atoms. The number of morpholine rings is 1. The van der Waals surface area contributed by atoms with Gasteiger partial charge in [-0.2, -0.15) is 5.21 Å². The van der Waals surface area contributed by atoms with Crippen LogP contribution < -0.4 is 10.6 Å². The van der Waals surface area contributed by atoms with Crippen molar-refractivity contribution < 1.29 is 28.6 Å². The fraction of sp³-hybridized carbons (Fsp3) is 0.371. The summed E-state index contributed by atoms with van der Waals surface area (Å²) in [4.78, 5) is 41.5. The van der Waals surface area contributed by atoms with Crippen molar-refractivity contribution in [1.29, 1.82) is 0 Å². The van der Waals surface area contributed by atoms with Crippen LogP contribution in [0, 0.1) is 0 Å². The maximum absolute atomic E-state index is 14.1. The molecular formula is C35H41N7O6. The van der Waals surface area contributed by atoms with E-state index < -0.39 is 41.7 Å². The van der Waals surface area contributed by atoms with E-state index in [0.717, 1.165) is 16.7 Å². The van der Waals surface area contributed by atoms with E-state index in [9.17, 15) is 14.4 Å². The van der Waals surface area contributed by atoms with Crippen LogP contribution in [0.25, 0.3) is 0 Å². The number of aromatic nitrogens is 4. The van der Waals surface area contributed by atoms with Gasteiger partial charge in [-0.05, 0) is 56.4 Å². The molecule has 13 heteroatoms. The Bertz CT molecular complexity index is 1610. The number of nitrogens with zero attached hydrogens (tertiary/aromatic N) is 4. The number of benzene rings is 3. The minimum Gasteiger partial charge on any atom is -0.453 e. The van der Waals surface area contributed by atoms with Crippen LogP contribution in [0.15, 0.2) is 84.9 Å². The number of tetrazole rings is 1. The molecule has 0 bridgehead atoms. The van der Waals surface area contributed by atoms with Gasteiger partial charge >= 0.3 is 12.2 Å². The van der Waals surface area contributed by atoms with Crippen molar-refractivity contribution in [2.75, 3.05) is 25.6 Å². The molecule has 3 N–H and O–H groups in total. The molecule has 3 aromatic carbocycles. The van der Waals surface area contributed by atoms with Crippen LogP contribution in [0.4, 0.5) is 15.3 Å². The molecular weight excluding hydrogens is 614 g/mol. The van der Waals surface area contributed by atoms with Crippen LogP contribution in [0.3, 0.4) is 0 Å². The summed E-state index contributed by atoms with van der Waals surface area (Å²) in [5, 5.41) is 20.0. The van der Waals surface area contributed by atoms with E-state index in [0.29, 0.717) is 24.4 Å². The average Bonchev–Trinajstić information content (AvgIpc) is 3.63. The number of rotatable bonds is 10. The summed E-state index contributed by atoms with van der Waals surface area (Å²) < 4.78 is 16.8. The third kappa shape index (κ3) is 8.73. The van der Waals surface area contributed by atoms with Gasteiger partial charge < -0.3 is 24.8 Å². The second-order valence-corrected chi connectivity index (χ2v) is 12.5. The molecule has 1 aromatic heterocycles. The van der Waals surface area contributed by atoms with Crippen molar-refractivity contribution in [1.82, 2.24) is 30.8 Å². The Kier molecular flexibility index (Phi) is 11.0.